The van der Waals surface area contributed by atoms with Gasteiger partial charge in [0.2, 0.25) is 0 Å². The minimum absolute atomic E-state index is 0.370. The van der Waals surface area contributed by atoms with Crippen LogP contribution in [0.1, 0.15) is 243 Å². The molecule has 0 saturated heterocycles. The molecule has 0 aromatic carbocycles. The standard InChI is InChI=1S/C22H34.C20H28O.2C10H16O/c1-14(2)17-8-9-19-16-6-7-18-15(3)10-12-22(18,5)20(16)11-13-21(17,19)4;1-4-5-6-9-12-17(2)13-10-7-8-11-14-19-18(3)15-16-20(19)21;2*1-3-4-5-9-8(2)6-7-10(9)11/h16-17,19-20H,1,6-13H2,2-5H3;7-8,12H,6,9-11,13-16H2,1-3H3;2*3-7H2,1-2H3/b;8-7+,17-12+;;/t16-,17+,19-,20-,21+,22-;;;/m1.../s1. The van der Waals surface area contributed by atoms with Gasteiger partial charge in [-0.3, -0.25) is 14.4 Å². The quantitative estimate of drug-likeness (QED) is 0.0935. The van der Waals surface area contributed by atoms with Crippen molar-refractivity contribution >= 4 is 17.3 Å². The Labute approximate surface area is 400 Å². The Bertz CT molecular complexity index is 1900. The molecule has 0 aromatic rings. The van der Waals surface area contributed by atoms with Gasteiger partial charge < -0.3 is 0 Å². The summed E-state index contributed by atoms with van der Waals surface area (Å²) in [7, 11) is 0. The average Bonchev–Trinajstić information content (AvgIpc) is 4.07. The number of carbonyl (C=O) groups is 3. The highest BCUT2D eigenvalue weighted by atomic mass is 16.1. The molecule has 0 radical (unpaired) electrons. The van der Waals surface area contributed by atoms with Crippen LogP contribution in [-0.2, 0) is 14.4 Å². The molecule has 7 rings (SSSR count). The van der Waals surface area contributed by atoms with Crippen LogP contribution in [0.3, 0.4) is 0 Å². The van der Waals surface area contributed by atoms with Gasteiger partial charge in [0.1, 0.15) is 0 Å². The number of hydrogen-bond acceptors (Lipinski definition) is 3. The third kappa shape index (κ3) is 14.4. The molecule has 65 heavy (non-hydrogen) atoms. The second-order valence-electron chi connectivity index (χ2n) is 21.9. The molecule has 0 aliphatic heterocycles. The number of unbranched alkanes of at least 4 members (excludes halogenated alkanes) is 3. The largest absolute Gasteiger partial charge is 0.295 e. The molecule has 6 atom stereocenters. The normalized spacial score (nSPS) is 28.4. The van der Waals surface area contributed by atoms with Crippen molar-refractivity contribution in [3.63, 3.8) is 0 Å². The first-order valence-electron chi connectivity index (χ1n) is 26.7. The highest BCUT2D eigenvalue weighted by molar-refractivity contribution is 5.99. The zero-order valence-corrected chi connectivity index (χ0v) is 43.9. The monoisotopic (exact) mass is 887 g/mol. The van der Waals surface area contributed by atoms with Gasteiger partial charge in [0, 0.05) is 25.7 Å². The van der Waals surface area contributed by atoms with E-state index in [0.717, 1.165) is 130 Å². The molecule has 3 saturated carbocycles. The summed E-state index contributed by atoms with van der Waals surface area (Å²) in [6.45, 7) is 29.0. The number of Topliss-reactive ketones (excluding diaryl/α,β-unsaturated/α-hetero) is 3. The van der Waals surface area contributed by atoms with E-state index in [1.54, 1.807) is 5.57 Å². The number of ketones is 3. The Morgan fingerprint density at radius 1 is 0.646 bits per heavy atom. The second kappa shape index (κ2) is 26.3. The van der Waals surface area contributed by atoms with Crippen LogP contribution < -0.4 is 0 Å². The molecule has 3 nitrogen and oxygen atoms in total. The molecule has 0 N–H and O–H groups in total. The van der Waals surface area contributed by atoms with Crippen LogP contribution in [-0.4, -0.2) is 17.3 Å². The number of allylic oxidation sites excluding steroid dienone is 13. The fraction of sp³-hybridized carbons (Fsp3) is 0.694. The summed E-state index contributed by atoms with van der Waals surface area (Å²) in [5, 5.41) is 0. The molecular formula is C62H94O3. The van der Waals surface area contributed by atoms with Gasteiger partial charge >= 0.3 is 0 Å². The minimum atomic E-state index is 0.370. The molecule has 0 amide bonds. The van der Waals surface area contributed by atoms with E-state index in [-0.39, 0.29) is 0 Å². The summed E-state index contributed by atoms with van der Waals surface area (Å²) in [4.78, 5) is 34.1. The Morgan fingerprint density at radius 2 is 1.20 bits per heavy atom. The van der Waals surface area contributed by atoms with Crippen molar-refractivity contribution in [1.82, 2.24) is 0 Å². The summed E-state index contributed by atoms with van der Waals surface area (Å²) < 4.78 is 0. The lowest BCUT2D eigenvalue weighted by molar-refractivity contribution is -0.115. The van der Waals surface area contributed by atoms with Crippen LogP contribution in [0.2, 0.25) is 0 Å². The molecule has 0 heterocycles. The maximum atomic E-state index is 11.6. The molecule has 7 aliphatic rings. The number of hydrogen-bond donors (Lipinski definition) is 0. The number of carbonyl (C=O) groups excluding carboxylic acids is 3. The van der Waals surface area contributed by atoms with Crippen molar-refractivity contribution in [3.05, 3.63) is 80.5 Å². The molecular weight excluding hydrogens is 793 g/mol. The van der Waals surface area contributed by atoms with Crippen LogP contribution in [0.5, 0.6) is 0 Å². The minimum Gasteiger partial charge on any atom is -0.295 e. The zero-order chi connectivity index (χ0) is 47.7. The van der Waals surface area contributed by atoms with E-state index in [1.165, 1.54) is 105 Å². The first-order chi connectivity index (χ1) is 31.0. The van der Waals surface area contributed by atoms with Crippen molar-refractivity contribution < 1.29 is 14.4 Å². The van der Waals surface area contributed by atoms with Gasteiger partial charge in [-0.2, -0.15) is 0 Å². The van der Waals surface area contributed by atoms with Crippen LogP contribution >= 0.6 is 0 Å². The molecule has 0 bridgehead atoms. The summed E-state index contributed by atoms with van der Waals surface area (Å²) >= 11 is 0. The van der Waals surface area contributed by atoms with Gasteiger partial charge in [-0.05, 0) is 228 Å². The van der Waals surface area contributed by atoms with Crippen molar-refractivity contribution in [2.45, 2.75) is 243 Å². The first kappa shape index (κ1) is 54.4. The van der Waals surface area contributed by atoms with Crippen LogP contribution in [0, 0.1) is 46.3 Å². The zero-order valence-electron chi connectivity index (χ0n) is 43.9. The fourth-order valence-electron chi connectivity index (χ4n) is 13.4. The molecule has 360 valence electrons. The average molecular weight is 887 g/mol. The van der Waals surface area contributed by atoms with E-state index in [4.69, 9.17) is 0 Å². The highest BCUT2D eigenvalue weighted by Crippen LogP contribution is 2.68. The van der Waals surface area contributed by atoms with Gasteiger partial charge in [0.25, 0.3) is 0 Å². The molecule has 0 aromatic heterocycles. The molecule has 3 heteroatoms. The van der Waals surface area contributed by atoms with Gasteiger partial charge in [0.05, 0.1) is 0 Å². The predicted octanol–water partition coefficient (Wildman–Crippen LogP) is 17.8. The lowest BCUT2D eigenvalue weighted by Gasteiger charge is -2.56. The molecule has 7 aliphatic carbocycles. The van der Waals surface area contributed by atoms with E-state index < -0.39 is 0 Å². The van der Waals surface area contributed by atoms with E-state index in [2.05, 4.69) is 106 Å². The topological polar surface area (TPSA) is 51.2 Å². The van der Waals surface area contributed by atoms with Crippen molar-refractivity contribution in [2.24, 2.45) is 34.5 Å². The van der Waals surface area contributed by atoms with Crippen LogP contribution in [0.4, 0.5) is 0 Å². The Balaban J connectivity index is 0.000000199. The fourth-order valence-corrected chi connectivity index (χ4v) is 13.4. The third-order valence-corrected chi connectivity index (χ3v) is 17.5. The second-order valence-corrected chi connectivity index (χ2v) is 21.9. The molecule has 0 unspecified atom stereocenters. The van der Waals surface area contributed by atoms with Crippen molar-refractivity contribution in [3.8, 4) is 11.8 Å². The first-order valence-corrected chi connectivity index (χ1v) is 26.7. The highest BCUT2D eigenvalue weighted by Gasteiger charge is 2.59. The predicted molar refractivity (Wildman–Crippen MR) is 279 cm³/mol. The van der Waals surface area contributed by atoms with Gasteiger partial charge in [-0.1, -0.05) is 104 Å². The van der Waals surface area contributed by atoms with Gasteiger partial charge in [0.15, 0.2) is 17.3 Å². The summed E-state index contributed by atoms with van der Waals surface area (Å²) in [6.07, 6.45) is 36.5. The summed E-state index contributed by atoms with van der Waals surface area (Å²) in [5.41, 5.74) is 15.0. The summed E-state index contributed by atoms with van der Waals surface area (Å²) in [6, 6.07) is 0. The lowest BCUT2D eigenvalue weighted by atomic mass is 9.48. The third-order valence-electron chi connectivity index (χ3n) is 17.5. The van der Waals surface area contributed by atoms with E-state index in [0.29, 0.717) is 28.2 Å². The van der Waals surface area contributed by atoms with Crippen LogP contribution in [0.15, 0.2) is 80.5 Å². The Hall–Kier alpha value is -3.25. The maximum Gasteiger partial charge on any atom is 0.159 e. The van der Waals surface area contributed by atoms with E-state index >= 15 is 0 Å². The van der Waals surface area contributed by atoms with Gasteiger partial charge in [-0.25, -0.2) is 0 Å². The van der Waals surface area contributed by atoms with Crippen molar-refractivity contribution in [2.75, 3.05) is 0 Å². The number of fused-ring (bicyclic) bond motifs is 5. The van der Waals surface area contributed by atoms with Crippen molar-refractivity contribution in [1.29, 1.82) is 0 Å². The maximum absolute atomic E-state index is 11.6. The summed E-state index contributed by atoms with van der Waals surface area (Å²) in [5.74, 6) is 10.9. The molecule has 3 fully saturated rings. The SMILES string of the molecule is C=C(C)[C@@H]1CC[C@@H]2[C@H]3CCC4=C(C)CC[C@@]4(C)[C@@H]3CC[C@]21C.CC#CCC/C=C(\C)CC/C=C/CCC1=C(C)CCC1=O.CCCCC1=C(C)CCC1=O.CCCCC1=C(C)CCC1=O. The molecule has 0 spiro atoms. The lowest BCUT2D eigenvalue weighted by Crippen LogP contribution is -2.48. The Kier molecular flexibility index (Phi) is 22.0. The smallest absolute Gasteiger partial charge is 0.159 e. The van der Waals surface area contributed by atoms with Gasteiger partial charge in [-0.15, -0.1) is 11.8 Å². The van der Waals surface area contributed by atoms with E-state index in [1.807, 2.05) is 12.5 Å². The number of rotatable bonds is 15. The van der Waals surface area contributed by atoms with E-state index in [9.17, 15) is 14.4 Å². The Morgan fingerprint density at radius 3 is 1.71 bits per heavy atom. The van der Waals surface area contributed by atoms with Crippen LogP contribution in [0.25, 0.3) is 0 Å².